The number of hydrogen-bond donors (Lipinski definition) is 8. The number of aliphatic hydroxyl groups excluding tert-OH is 3. The van der Waals surface area contributed by atoms with Crippen molar-refractivity contribution in [3.8, 4) is 0 Å². The smallest absolute Gasteiger partial charge is 0.393 e. The summed E-state index contributed by atoms with van der Waals surface area (Å²) in [5.41, 5.74) is 7.67. The van der Waals surface area contributed by atoms with Crippen molar-refractivity contribution in [3.05, 3.63) is 46.5 Å². The quantitative estimate of drug-likeness (QED) is 0.0810. The monoisotopic (exact) mass is 515 g/mol. The number of nitrogen functional groups attached to an aromatic ring is 1. The molecule has 0 bridgehead atoms. The molecule has 0 radical (unpaired) electrons. The minimum atomic E-state index is -4.64. The van der Waals surface area contributed by atoms with Crippen LogP contribution < -0.4 is 11.1 Å². The zero-order valence-electron chi connectivity index (χ0n) is 17.7. The van der Waals surface area contributed by atoms with E-state index in [-0.39, 0.29) is 11.4 Å². The van der Waals surface area contributed by atoms with Gasteiger partial charge in [0.1, 0.15) is 35.8 Å². The van der Waals surface area contributed by atoms with Gasteiger partial charge >= 0.3 is 7.82 Å². The van der Waals surface area contributed by atoms with Crippen LogP contribution in [0.15, 0.2) is 30.9 Å². The highest BCUT2D eigenvalue weighted by Crippen LogP contribution is 2.37. The molecule has 1 fully saturated rings. The fraction of sp³-hybridized carbons (Fsp3) is 0.353. The molecule has 3 heterocycles. The second-order valence-electron chi connectivity index (χ2n) is 7.12. The van der Waals surface area contributed by atoms with E-state index < -0.39 is 44.0 Å². The van der Waals surface area contributed by atoms with Crippen LogP contribution in [0, 0.1) is 10.1 Å². The number of nitro groups is 1. The Morgan fingerprint density at radius 3 is 2.60 bits per heavy atom. The molecule has 0 aliphatic carbocycles. The van der Waals surface area contributed by atoms with Crippen LogP contribution in [0.2, 0.25) is 0 Å². The first-order valence-corrected chi connectivity index (χ1v) is 11.3. The number of nitrogens with one attached hydrogen (secondary N) is 2. The van der Waals surface area contributed by atoms with E-state index in [9.17, 15) is 14.7 Å². The Morgan fingerprint density at radius 2 is 1.97 bits per heavy atom. The number of benzene rings is 1. The van der Waals surface area contributed by atoms with Gasteiger partial charge in [-0.25, -0.2) is 19.5 Å². The van der Waals surface area contributed by atoms with Gasteiger partial charge in [0.15, 0.2) is 17.8 Å². The number of anilines is 2. The number of phosphoric ester groups is 1. The second-order valence-corrected chi connectivity index (χ2v) is 8.36. The van der Waals surface area contributed by atoms with Gasteiger partial charge in [0, 0.05) is 18.2 Å². The number of nitrogens with two attached hydrogens (primary N) is 1. The normalized spacial score (nSPS) is 22.0. The lowest BCUT2D eigenvalue weighted by atomic mass is 10.1. The topological polar surface area (TPSA) is 272 Å². The Balaban J connectivity index is 0.000000214. The van der Waals surface area contributed by atoms with Gasteiger partial charge in [0.2, 0.25) is 0 Å². The van der Waals surface area contributed by atoms with Crippen molar-refractivity contribution in [1.29, 1.82) is 0 Å². The molecule has 3 aromatic rings. The predicted molar refractivity (Wildman–Crippen MR) is 117 cm³/mol. The van der Waals surface area contributed by atoms with Crippen molar-refractivity contribution >= 4 is 36.2 Å². The van der Waals surface area contributed by atoms with Gasteiger partial charge in [-0.2, -0.15) is 0 Å². The summed E-state index contributed by atoms with van der Waals surface area (Å²) in [6.45, 7) is -0.307. The summed E-state index contributed by atoms with van der Waals surface area (Å²) in [6.07, 6.45) is -2.76. The average molecular weight is 515 g/mol. The number of rotatable bonds is 7. The summed E-state index contributed by atoms with van der Waals surface area (Å²) in [6, 6.07) is 4.69. The average Bonchev–Trinajstić information content (AvgIpc) is 3.37. The van der Waals surface area contributed by atoms with Crippen LogP contribution in [0.4, 0.5) is 17.2 Å². The number of nitro benzene ring substituents is 1. The number of para-hydroxylation sites is 1. The van der Waals surface area contributed by atoms with Crippen LogP contribution in [-0.2, 0) is 20.4 Å². The minimum absolute atomic E-state index is 0.108. The van der Waals surface area contributed by atoms with Crippen LogP contribution >= 0.6 is 7.82 Å². The highest BCUT2D eigenvalue weighted by Gasteiger charge is 2.42. The fourth-order valence-corrected chi connectivity index (χ4v) is 3.37. The Labute approximate surface area is 196 Å². The molecule has 35 heavy (non-hydrogen) atoms. The maximum absolute atomic E-state index is 10.9. The van der Waals surface area contributed by atoms with E-state index in [1.807, 2.05) is 0 Å². The van der Waals surface area contributed by atoms with Gasteiger partial charge < -0.3 is 45.9 Å². The third-order valence-corrected chi connectivity index (χ3v) is 5.27. The highest BCUT2D eigenvalue weighted by molar-refractivity contribution is 7.46. The van der Waals surface area contributed by atoms with Crippen LogP contribution in [0.1, 0.15) is 5.56 Å². The molecule has 1 aliphatic rings. The van der Waals surface area contributed by atoms with Crippen LogP contribution in [0.5, 0.6) is 0 Å². The summed E-state index contributed by atoms with van der Waals surface area (Å²) in [5.74, 6) is 0.559. The molecule has 0 spiro atoms. The molecule has 17 nitrogen and oxygen atoms in total. The van der Waals surface area contributed by atoms with E-state index >= 15 is 0 Å². The lowest BCUT2D eigenvalue weighted by molar-refractivity contribution is -0.383. The van der Waals surface area contributed by atoms with Gasteiger partial charge in [-0.1, -0.05) is 12.1 Å². The fourth-order valence-electron chi connectivity index (χ4n) is 3.03. The number of phosphoric acid groups is 1. The first kappa shape index (κ1) is 26.3. The van der Waals surface area contributed by atoms with E-state index in [4.69, 9.17) is 30.8 Å². The summed E-state index contributed by atoms with van der Waals surface area (Å²) >= 11 is 0. The summed E-state index contributed by atoms with van der Waals surface area (Å²) in [7, 11) is -4.64. The number of aliphatic hydroxyl groups is 3. The van der Waals surface area contributed by atoms with Gasteiger partial charge in [-0.3, -0.25) is 14.6 Å². The number of ether oxygens (including phenoxy) is 1. The second kappa shape index (κ2) is 11.0. The molecular weight excluding hydrogens is 493 g/mol. The molecule has 0 saturated carbocycles. The summed E-state index contributed by atoms with van der Waals surface area (Å²) in [5, 5.41) is 41.0. The Hall–Kier alpha value is -3.28. The van der Waals surface area contributed by atoms with E-state index in [0.717, 1.165) is 0 Å². The maximum atomic E-state index is 10.9. The molecule has 4 rings (SSSR count). The first-order chi connectivity index (χ1) is 16.5. The SMILES string of the molecule is Nc1c(CNc2ncnc3nc[nH]c23)cccc1[N+](=O)[O-].O=P(O)(O)OC[C@H]1OC(O)[C@H](O)[C@@H]1O. The lowest BCUT2D eigenvalue weighted by Gasteiger charge is -2.14. The molecule has 18 heteroatoms. The van der Waals surface area contributed by atoms with E-state index in [2.05, 4.69) is 34.5 Å². The number of aromatic nitrogens is 4. The van der Waals surface area contributed by atoms with Gasteiger partial charge in [0.25, 0.3) is 5.69 Å². The lowest BCUT2D eigenvalue weighted by Crippen LogP contribution is -2.34. The standard InChI is InChI=1S/C12H11N7O2.C5H11O8P/c13-9-7(2-1-3-8(9)19(20)21)4-14-11-10-12(16-5-15-10)18-6-17-11;6-3-2(1-12-14(9,10)11)13-5(8)4(3)7/h1-3,5-6H,4,13H2,(H2,14,15,16,17,18);2-8H,1H2,(H2,9,10,11)/t;2-,3-,4-,5?/m.1/s1. The third kappa shape index (κ3) is 6.65. The van der Waals surface area contributed by atoms with E-state index in [0.29, 0.717) is 29.1 Å². The molecule has 1 unspecified atom stereocenters. The molecule has 2 aromatic heterocycles. The molecule has 1 saturated heterocycles. The van der Waals surface area contributed by atoms with Gasteiger partial charge in [-0.05, 0) is 0 Å². The minimum Gasteiger partial charge on any atom is -0.393 e. The van der Waals surface area contributed by atoms with Gasteiger partial charge in [0.05, 0.1) is 17.9 Å². The van der Waals surface area contributed by atoms with Crippen molar-refractivity contribution in [3.63, 3.8) is 0 Å². The van der Waals surface area contributed by atoms with Crippen LogP contribution in [0.3, 0.4) is 0 Å². The summed E-state index contributed by atoms with van der Waals surface area (Å²) in [4.78, 5) is 42.1. The maximum Gasteiger partial charge on any atom is 0.469 e. The van der Waals surface area contributed by atoms with Crippen molar-refractivity contribution < 1.29 is 43.9 Å². The Morgan fingerprint density at radius 1 is 1.23 bits per heavy atom. The predicted octanol–water partition coefficient (Wildman–Crippen LogP) is -1.01. The number of nitrogens with zero attached hydrogens (tertiary/aromatic N) is 4. The molecule has 0 amide bonds. The number of hydrogen-bond acceptors (Lipinski definition) is 13. The van der Waals surface area contributed by atoms with Crippen LogP contribution in [0.25, 0.3) is 11.2 Å². The van der Waals surface area contributed by atoms with Crippen LogP contribution in [-0.4, -0.2) is 81.2 Å². The van der Waals surface area contributed by atoms with Crippen molar-refractivity contribution in [1.82, 2.24) is 19.9 Å². The molecule has 4 atom stereocenters. The van der Waals surface area contributed by atoms with Crippen molar-refractivity contribution in [2.45, 2.75) is 31.1 Å². The molecular formula is C17H22N7O10P. The third-order valence-electron chi connectivity index (χ3n) is 4.78. The Kier molecular flexibility index (Phi) is 8.26. The zero-order chi connectivity index (χ0) is 25.8. The molecule has 190 valence electrons. The first-order valence-electron chi connectivity index (χ1n) is 9.77. The zero-order valence-corrected chi connectivity index (χ0v) is 18.6. The Bertz CT molecular complexity index is 1220. The molecule has 1 aromatic carbocycles. The molecule has 9 N–H and O–H groups in total. The number of aromatic amines is 1. The van der Waals surface area contributed by atoms with E-state index in [1.54, 1.807) is 12.1 Å². The van der Waals surface area contributed by atoms with Crippen molar-refractivity contribution in [2.24, 2.45) is 0 Å². The van der Waals surface area contributed by atoms with E-state index in [1.165, 1.54) is 18.7 Å². The summed E-state index contributed by atoms with van der Waals surface area (Å²) < 4.78 is 18.9. The number of H-pyrrole nitrogens is 1. The molecule has 1 aliphatic heterocycles. The highest BCUT2D eigenvalue weighted by atomic mass is 31.2. The number of imidazole rings is 1. The number of fused-ring (bicyclic) bond motifs is 1. The van der Waals surface area contributed by atoms with Gasteiger partial charge in [-0.15, -0.1) is 0 Å². The largest absolute Gasteiger partial charge is 0.469 e. The van der Waals surface area contributed by atoms with Crippen molar-refractivity contribution in [2.75, 3.05) is 17.7 Å².